The van der Waals surface area contributed by atoms with Crippen LogP contribution in [0.5, 0.6) is 0 Å². The summed E-state index contributed by atoms with van der Waals surface area (Å²) in [6.45, 7) is 1.86. The lowest BCUT2D eigenvalue weighted by Crippen LogP contribution is -2.19. The number of rotatable bonds is 6. The number of alkyl halides is 3. The van der Waals surface area contributed by atoms with Crippen LogP contribution in [0, 0.1) is 12.7 Å². The zero-order chi connectivity index (χ0) is 24.7. The molecule has 11 heteroatoms. The van der Waals surface area contributed by atoms with Gasteiger partial charge in [-0.1, -0.05) is 23.8 Å². The number of carbonyl (C=O) groups is 1. The molecule has 0 saturated heterocycles. The Morgan fingerprint density at radius 2 is 1.85 bits per heavy atom. The average Bonchev–Trinajstić information content (AvgIpc) is 3.29. The molecule has 0 aliphatic heterocycles. The van der Waals surface area contributed by atoms with Gasteiger partial charge in [0.2, 0.25) is 6.41 Å². The van der Waals surface area contributed by atoms with E-state index in [0.29, 0.717) is 6.41 Å². The number of anilines is 1. The van der Waals surface area contributed by atoms with Crippen LogP contribution < -0.4 is 4.72 Å². The summed E-state index contributed by atoms with van der Waals surface area (Å²) in [7, 11) is 1.33. The zero-order valence-corrected chi connectivity index (χ0v) is 19.8. The molecule has 0 aliphatic carbocycles. The molecule has 1 amide bonds. The topological polar surface area (TPSA) is 58.1 Å². The molecule has 5 nitrogen and oxygen atoms in total. The Morgan fingerprint density at radius 1 is 1.12 bits per heavy atom. The van der Waals surface area contributed by atoms with E-state index in [2.05, 4.69) is 64.1 Å². The second-order valence-corrected chi connectivity index (χ2v) is 8.91. The normalized spacial score (nSPS) is 11.0. The van der Waals surface area contributed by atoms with Crippen molar-refractivity contribution < 1.29 is 22.4 Å². The van der Waals surface area contributed by atoms with Gasteiger partial charge in [0.25, 0.3) is 0 Å². The van der Waals surface area contributed by atoms with E-state index in [1.807, 2.05) is 5.51 Å². The molecule has 34 heavy (non-hydrogen) atoms. The van der Waals surface area contributed by atoms with Crippen molar-refractivity contribution in [3.8, 4) is 0 Å². The third-order valence-electron chi connectivity index (χ3n) is 4.49. The molecule has 4 aromatic rings. The number of thiazole rings is 1. The number of nitrogens with one attached hydrogen (secondary N) is 1. The van der Waals surface area contributed by atoms with Crippen LogP contribution in [0.25, 0.3) is 10.2 Å². The van der Waals surface area contributed by atoms with Crippen LogP contribution in [0.1, 0.15) is 16.8 Å². The zero-order valence-electron chi connectivity index (χ0n) is 18.1. The van der Waals surface area contributed by atoms with Gasteiger partial charge in [-0.05, 0) is 49.2 Å². The molecule has 0 fully saturated rings. The monoisotopic (exact) mass is 508 g/mol. The first-order chi connectivity index (χ1) is 16.2. The third kappa shape index (κ3) is 6.67. The highest BCUT2D eigenvalue weighted by molar-refractivity contribution is 8.00. The first-order valence-corrected chi connectivity index (χ1v) is 11.6. The number of hydrogen-bond donors (Lipinski definition) is 1. The van der Waals surface area contributed by atoms with E-state index >= 15 is 0 Å². The number of nitrogens with zero attached hydrogens (tertiary/aromatic N) is 3. The van der Waals surface area contributed by atoms with Crippen molar-refractivity contribution in [3.63, 3.8) is 0 Å². The molecular weight excluding hydrogens is 488 g/mol. The smallest absolute Gasteiger partial charge is 0.344 e. The minimum Gasteiger partial charge on any atom is -0.344 e. The van der Waals surface area contributed by atoms with Crippen LogP contribution in [0.2, 0.25) is 0 Å². The molecule has 0 spiro atoms. The molecule has 0 saturated carbocycles. The SMILES string of the molecule is CN(C=O)Cc1ccnc(C(F)(F)F)c1F.Cc1ccc(NSc2cccc3scnc23)cc1. The van der Waals surface area contributed by atoms with Gasteiger partial charge >= 0.3 is 6.18 Å². The summed E-state index contributed by atoms with van der Waals surface area (Å²) in [6.07, 6.45) is -3.58. The van der Waals surface area contributed by atoms with E-state index in [0.717, 1.165) is 33.3 Å². The fourth-order valence-electron chi connectivity index (χ4n) is 2.79. The van der Waals surface area contributed by atoms with Gasteiger partial charge < -0.3 is 9.62 Å². The number of para-hydroxylation sites is 1. The lowest BCUT2D eigenvalue weighted by atomic mass is 10.2. The van der Waals surface area contributed by atoms with E-state index in [4.69, 9.17) is 0 Å². The number of fused-ring (bicyclic) bond motifs is 1. The highest BCUT2D eigenvalue weighted by Gasteiger charge is 2.36. The number of amides is 1. The first-order valence-electron chi connectivity index (χ1n) is 9.87. The molecule has 2 heterocycles. The Hall–Kier alpha value is -3.18. The van der Waals surface area contributed by atoms with E-state index in [-0.39, 0.29) is 12.1 Å². The Morgan fingerprint density at radius 3 is 2.53 bits per heavy atom. The van der Waals surface area contributed by atoms with Crippen molar-refractivity contribution in [2.75, 3.05) is 11.8 Å². The number of aromatic nitrogens is 2. The summed E-state index contributed by atoms with van der Waals surface area (Å²) < 4.78 is 54.7. The summed E-state index contributed by atoms with van der Waals surface area (Å²) in [5.74, 6) is -1.44. The number of pyridine rings is 1. The quantitative estimate of drug-likeness (QED) is 0.182. The number of benzene rings is 2. The number of hydrogen-bond acceptors (Lipinski definition) is 6. The minimum atomic E-state index is -4.83. The lowest BCUT2D eigenvalue weighted by Gasteiger charge is -2.13. The molecule has 0 aliphatic rings. The molecule has 0 radical (unpaired) electrons. The molecule has 0 atom stereocenters. The van der Waals surface area contributed by atoms with Gasteiger partial charge in [-0.3, -0.25) is 4.79 Å². The van der Waals surface area contributed by atoms with Crippen LogP contribution >= 0.6 is 23.3 Å². The fourth-order valence-corrected chi connectivity index (χ4v) is 4.33. The minimum absolute atomic E-state index is 0.225. The van der Waals surface area contributed by atoms with E-state index in [1.165, 1.54) is 17.3 Å². The van der Waals surface area contributed by atoms with Crippen LogP contribution in [0.3, 0.4) is 0 Å². The van der Waals surface area contributed by atoms with Gasteiger partial charge in [0.05, 0.1) is 20.6 Å². The summed E-state index contributed by atoms with van der Waals surface area (Å²) in [6, 6.07) is 15.7. The average molecular weight is 509 g/mol. The van der Waals surface area contributed by atoms with E-state index in [9.17, 15) is 22.4 Å². The van der Waals surface area contributed by atoms with Crippen LogP contribution in [0.4, 0.5) is 23.2 Å². The number of carbonyl (C=O) groups excluding carboxylic acids is 1. The molecular formula is C23H20F4N4OS2. The fraction of sp³-hybridized carbons (Fsp3) is 0.174. The molecule has 1 N–H and O–H groups in total. The maximum Gasteiger partial charge on any atom is 0.436 e. The summed E-state index contributed by atoms with van der Waals surface area (Å²) >= 11 is 3.28. The predicted octanol–water partition coefficient (Wildman–Crippen LogP) is 6.55. The number of aryl methyl sites for hydroxylation is 1. The summed E-state index contributed by atoms with van der Waals surface area (Å²) in [5, 5.41) is 0. The van der Waals surface area contributed by atoms with Crippen molar-refractivity contribution in [2.24, 2.45) is 0 Å². The lowest BCUT2D eigenvalue weighted by molar-refractivity contribution is -0.143. The molecule has 2 aromatic carbocycles. The van der Waals surface area contributed by atoms with Crippen molar-refractivity contribution in [1.29, 1.82) is 0 Å². The largest absolute Gasteiger partial charge is 0.436 e. The molecule has 0 bridgehead atoms. The molecule has 178 valence electrons. The Balaban J connectivity index is 0.000000192. The maximum absolute atomic E-state index is 13.3. The highest BCUT2D eigenvalue weighted by atomic mass is 32.2. The standard InChI is InChI=1S/C14H12N2S2.C9H8F4N2O/c1-10-5-7-11(8-6-10)16-18-13-4-2-3-12-14(13)15-9-17-12;1-15(5-16)4-6-2-3-14-8(7(6)10)9(11,12)13/h2-9,16H,1H3;2-3,5H,4H2,1H3. The van der Waals surface area contributed by atoms with Crippen molar-refractivity contribution in [1.82, 2.24) is 14.9 Å². The van der Waals surface area contributed by atoms with E-state index < -0.39 is 17.7 Å². The maximum atomic E-state index is 13.3. The molecule has 4 rings (SSSR count). The van der Waals surface area contributed by atoms with Gasteiger partial charge in [0.15, 0.2) is 11.5 Å². The Labute approximate surface area is 202 Å². The van der Waals surface area contributed by atoms with Crippen molar-refractivity contribution >= 4 is 45.6 Å². The van der Waals surface area contributed by atoms with Gasteiger partial charge in [0, 0.05) is 31.0 Å². The predicted molar refractivity (Wildman–Crippen MR) is 127 cm³/mol. The van der Waals surface area contributed by atoms with Gasteiger partial charge in [-0.25, -0.2) is 14.4 Å². The summed E-state index contributed by atoms with van der Waals surface area (Å²) in [5.41, 5.74) is 3.55. The first kappa shape index (κ1) is 25.4. The Bertz CT molecular complexity index is 1250. The van der Waals surface area contributed by atoms with Gasteiger partial charge in [-0.2, -0.15) is 13.2 Å². The second kappa shape index (κ2) is 11.3. The highest BCUT2D eigenvalue weighted by Crippen LogP contribution is 2.31. The van der Waals surface area contributed by atoms with Crippen LogP contribution in [0.15, 0.2) is 65.1 Å². The van der Waals surface area contributed by atoms with Crippen LogP contribution in [-0.4, -0.2) is 28.3 Å². The van der Waals surface area contributed by atoms with Crippen molar-refractivity contribution in [2.45, 2.75) is 24.5 Å². The third-order valence-corrected chi connectivity index (χ3v) is 6.17. The van der Waals surface area contributed by atoms with Gasteiger partial charge in [-0.15, -0.1) is 11.3 Å². The molecule has 2 aromatic heterocycles. The Kier molecular flexibility index (Phi) is 8.46. The number of halogens is 4. The second-order valence-electron chi connectivity index (χ2n) is 7.18. The van der Waals surface area contributed by atoms with E-state index in [1.54, 1.807) is 23.3 Å². The van der Waals surface area contributed by atoms with Gasteiger partial charge in [0.1, 0.15) is 0 Å². The molecule has 0 unspecified atom stereocenters. The van der Waals surface area contributed by atoms with Crippen LogP contribution in [-0.2, 0) is 17.5 Å². The summed E-state index contributed by atoms with van der Waals surface area (Å²) in [4.78, 5) is 19.8. The van der Waals surface area contributed by atoms with Crippen molar-refractivity contribution in [3.05, 3.63) is 82.9 Å².